The van der Waals surface area contributed by atoms with Gasteiger partial charge in [0.05, 0.1) is 17.5 Å². The smallest absolute Gasteiger partial charge is 0.257 e. The van der Waals surface area contributed by atoms with E-state index in [1.54, 1.807) is 36.5 Å². The van der Waals surface area contributed by atoms with E-state index in [1.807, 2.05) is 4.90 Å². The zero-order chi connectivity index (χ0) is 16.7. The van der Waals surface area contributed by atoms with Gasteiger partial charge in [-0.1, -0.05) is 12.1 Å². The van der Waals surface area contributed by atoms with Gasteiger partial charge in [-0.2, -0.15) is 5.10 Å². The maximum Gasteiger partial charge on any atom is 0.257 e. The average molecular weight is 341 g/mol. The lowest BCUT2D eigenvalue weighted by Crippen LogP contribution is -2.35. The minimum absolute atomic E-state index is 0.0491. The molecule has 0 unspecified atom stereocenters. The number of hydrogen-bond donors (Lipinski definition) is 0. The van der Waals surface area contributed by atoms with E-state index in [0.717, 1.165) is 6.42 Å². The SMILES string of the molecule is Cc1c(C(=O)N2CCc3sccc3C2)cnn1-c1ccccc1F. The molecule has 3 heterocycles. The molecule has 0 spiro atoms. The molecule has 0 saturated heterocycles. The molecule has 3 aromatic rings. The Hall–Kier alpha value is -2.47. The van der Waals surface area contributed by atoms with Crippen molar-refractivity contribution in [2.24, 2.45) is 0 Å². The number of hydrogen-bond acceptors (Lipinski definition) is 3. The van der Waals surface area contributed by atoms with Crippen molar-refractivity contribution in [3.63, 3.8) is 0 Å². The summed E-state index contributed by atoms with van der Waals surface area (Å²) in [5.41, 5.74) is 2.75. The molecule has 0 atom stereocenters. The van der Waals surface area contributed by atoms with E-state index in [1.165, 1.54) is 27.4 Å². The Morgan fingerprint density at radius 3 is 2.96 bits per heavy atom. The number of rotatable bonds is 2. The Bertz CT molecular complexity index is 915. The van der Waals surface area contributed by atoms with Crippen LogP contribution in [-0.2, 0) is 13.0 Å². The van der Waals surface area contributed by atoms with E-state index in [9.17, 15) is 9.18 Å². The predicted molar refractivity (Wildman–Crippen MR) is 91.0 cm³/mol. The van der Waals surface area contributed by atoms with Crippen molar-refractivity contribution < 1.29 is 9.18 Å². The predicted octanol–water partition coefficient (Wildman–Crippen LogP) is 3.58. The second-order valence-electron chi connectivity index (χ2n) is 5.85. The van der Waals surface area contributed by atoms with Gasteiger partial charge in [-0.25, -0.2) is 9.07 Å². The highest BCUT2D eigenvalue weighted by molar-refractivity contribution is 7.10. The van der Waals surface area contributed by atoms with Crippen LogP contribution in [0, 0.1) is 12.7 Å². The summed E-state index contributed by atoms with van der Waals surface area (Å²) in [6.45, 7) is 3.13. The lowest BCUT2D eigenvalue weighted by Gasteiger charge is -2.26. The van der Waals surface area contributed by atoms with Crippen LogP contribution in [0.15, 0.2) is 41.9 Å². The van der Waals surface area contributed by atoms with Gasteiger partial charge in [-0.15, -0.1) is 11.3 Å². The van der Waals surface area contributed by atoms with E-state index in [4.69, 9.17) is 0 Å². The van der Waals surface area contributed by atoms with E-state index in [2.05, 4.69) is 16.5 Å². The van der Waals surface area contributed by atoms with Gasteiger partial charge >= 0.3 is 0 Å². The van der Waals surface area contributed by atoms with Gasteiger partial charge in [0.2, 0.25) is 0 Å². The van der Waals surface area contributed by atoms with Crippen LogP contribution < -0.4 is 0 Å². The summed E-state index contributed by atoms with van der Waals surface area (Å²) < 4.78 is 15.5. The van der Waals surface area contributed by atoms with Crippen LogP contribution in [0.3, 0.4) is 0 Å². The third-order valence-electron chi connectivity index (χ3n) is 4.42. The molecule has 0 bridgehead atoms. The molecular formula is C18H16FN3OS. The number of amides is 1. The van der Waals surface area contributed by atoms with Gasteiger partial charge < -0.3 is 4.90 Å². The summed E-state index contributed by atoms with van der Waals surface area (Å²) in [6.07, 6.45) is 2.42. The van der Waals surface area contributed by atoms with E-state index < -0.39 is 0 Å². The molecule has 4 nitrogen and oxygen atoms in total. The summed E-state index contributed by atoms with van der Waals surface area (Å²) in [5, 5.41) is 6.30. The van der Waals surface area contributed by atoms with Crippen LogP contribution in [0.5, 0.6) is 0 Å². The third kappa shape index (κ3) is 2.43. The molecular weight excluding hydrogens is 325 g/mol. The number of carbonyl (C=O) groups is 1. The van der Waals surface area contributed by atoms with Crippen molar-refractivity contribution in [2.45, 2.75) is 19.9 Å². The zero-order valence-corrected chi connectivity index (χ0v) is 14.0. The summed E-state index contributed by atoms with van der Waals surface area (Å²) in [7, 11) is 0. The maximum absolute atomic E-state index is 14.0. The Kier molecular flexibility index (Phi) is 3.69. The lowest BCUT2D eigenvalue weighted by molar-refractivity contribution is 0.0735. The molecule has 4 rings (SSSR count). The molecule has 1 aliphatic rings. The number of fused-ring (bicyclic) bond motifs is 1. The first-order valence-corrected chi connectivity index (χ1v) is 8.67. The summed E-state index contributed by atoms with van der Waals surface area (Å²) in [6, 6.07) is 8.51. The molecule has 24 heavy (non-hydrogen) atoms. The van der Waals surface area contributed by atoms with Gasteiger partial charge in [-0.05, 0) is 42.5 Å². The van der Waals surface area contributed by atoms with Gasteiger partial charge in [0.15, 0.2) is 0 Å². The largest absolute Gasteiger partial charge is 0.334 e. The Morgan fingerprint density at radius 2 is 2.12 bits per heavy atom. The number of halogens is 1. The van der Waals surface area contributed by atoms with E-state index >= 15 is 0 Å². The molecule has 1 aromatic carbocycles. The fourth-order valence-corrected chi connectivity index (χ4v) is 3.97. The zero-order valence-electron chi connectivity index (χ0n) is 13.2. The molecule has 0 fully saturated rings. The molecule has 6 heteroatoms. The fraction of sp³-hybridized carbons (Fsp3) is 0.222. The van der Waals surface area contributed by atoms with Gasteiger partial charge in [0.25, 0.3) is 5.91 Å². The number of aromatic nitrogens is 2. The highest BCUT2D eigenvalue weighted by atomic mass is 32.1. The molecule has 1 aliphatic heterocycles. The van der Waals surface area contributed by atoms with Crippen LogP contribution in [0.4, 0.5) is 4.39 Å². The van der Waals surface area contributed by atoms with E-state index in [0.29, 0.717) is 30.0 Å². The monoisotopic (exact) mass is 341 g/mol. The van der Waals surface area contributed by atoms with Crippen molar-refractivity contribution in [1.29, 1.82) is 0 Å². The number of nitrogens with zero attached hydrogens (tertiary/aromatic N) is 3. The highest BCUT2D eigenvalue weighted by Gasteiger charge is 2.25. The fourth-order valence-electron chi connectivity index (χ4n) is 3.08. The van der Waals surface area contributed by atoms with Crippen LogP contribution in [0.1, 0.15) is 26.5 Å². The Balaban J connectivity index is 1.64. The second-order valence-corrected chi connectivity index (χ2v) is 6.85. The lowest BCUT2D eigenvalue weighted by atomic mass is 10.1. The first-order valence-electron chi connectivity index (χ1n) is 7.79. The average Bonchev–Trinajstić information content (AvgIpc) is 3.20. The Morgan fingerprint density at radius 1 is 1.29 bits per heavy atom. The minimum atomic E-state index is -0.358. The number of benzene rings is 1. The van der Waals surface area contributed by atoms with Gasteiger partial charge in [0.1, 0.15) is 11.5 Å². The van der Waals surface area contributed by atoms with Crippen molar-refractivity contribution in [1.82, 2.24) is 14.7 Å². The van der Waals surface area contributed by atoms with Gasteiger partial charge in [0, 0.05) is 18.0 Å². The summed E-state index contributed by atoms with van der Waals surface area (Å²) in [5.74, 6) is -0.407. The van der Waals surface area contributed by atoms with Crippen molar-refractivity contribution in [3.05, 3.63) is 69.4 Å². The van der Waals surface area contributed by atoms with Gasteiger partial charge in [-0.3, -0.25) is 4.79 Å². The van der Waals surface area contributed by atoms with Crippen molar-refractivity contribution >= 4 is 17.2 Å². The standard InChI is InChI=1S/C18H16FN3OS/c1-12-14(10-20-22(12)16-5-3-2-4-15(16)19)18(23)21-8-6-17-13(11-21)7-9-24-17/h2-5,7,9-10H,6,8,11H2,1H3. The van der Waals surface area contributed by atoms with E-state index in [-0.39, 0.29) is 11.7 Å². The number of para-hydroxylation sites is 1. The summed E-state index contributed by atoms with van der Waals surface area (Å²) in [4.78, 5) is 16.1. The molecule has 122 valence electrons. The highest BCUT2D eigenvalue weighted by Crippen LogP contribution is 2.26. The molecule has 1 amide bonds. The first kappa shape index (κ1) is 15.1. The molecule has 0 aliphatic carbocycles. The molecule has 0 N–H and O–H groups in total. The maximum atomic E-state index is 14.0. The normalized spacial score (nSPS) is 13.8. The van der Waals surface area contributed by atoms with Crippen molar-refractivity contribution in [3.8, 4) is 5.69 Å². The second kappa shape index (κ2) is 5.87. The number of thiophene rings is 1. The topological polar surface area (TPSA) is 38.1 Å². The minimum Gasteiger partial charge on any atom is -0.334 e. The summed E-state index contributed by atoms with van der Waals surface area (Å²) >= 11 is 1.74. The van der Waals surface area contributed by atoms with Crippen LogP contribution in [0.2, 0.25) is 0 Å². The van der Waals surface area contributed by atoms with Crippen molar-refractivity contribution in [2.75, 3.05) is 6.54 Å². The first-order chi connectivity index (χ1) is 11.6. The third-order valence-corrected chi connectivity index (χ3v) is 5.44. The van der Waals surface area contributed by atoms with Crippen LogP contribution >= 0.6 is 11.3 Å². The molecule has 0 radical (unpaired) electrons. The van der Waals surface area contributed by atoms with Crippen LogP contribution in [0.25, 0.3) is 5.69 Å². The Labute approximate surface area is 143 Å². The number of carbonyl (C=O) groups excluding carboxylic acids is 1. The quantitative estimate of drug-likeness (QED) is 0.714. The van der Waals surface area contributed by atoms with Crippen LogP contribution in [-0.4, -0.2) is 27.1 Å². The molecule has 2 aromatic heterocycles. The molecule has 0 saturated carbocycles.